The number of halogens is 2. The van der Waals surface area contributed by atoms with Crippen LogP contribution in [0.3, 0.4) is 0 Å². The van der Waals surface area contributed by atoms with E-state index in [9.17, 15) is 5.11 Å². The first-order valence-electron chi connectivity index (χ1n) is 8.90. The third-order valence-electron chi connectivity index (χ3n) is 5.18. The van der Waals surface area contributed by atoms with Gasteiger partial charge in [0.15, 0.2) is 0 Å². The summed E-state index contributed by atoms with van der Waals surface area (Å²) in [4.78, 5) is 0. The number of aliphatic hydroxyl groups is 1. The number of hydrogen-bond acceptors (Lipinski definition) is 2. The highest BCUT2D eigenvalue weighted by molar-refractivity contribution is 9.10. The summed E-state index contributed by atoms with van der Waals surface area (Å²) in [6.45, 7) is 1.25. The summed E-state index contributed by atoms with van der Waals surface area (Å²) in [5.74, 6) is 0. The van der Waals surface area contributed by atoms with Crippen LogP contribution in [0.25, 0.3) is 21.8 Å². The van der Waals surface area contributed by atoms with Crippen LogP contribution in [0, 0.1) is 0 Å². The average molecular weight is 466 g/mol. The second-order valence-electron chi connectivity index (χ2n) is 6.98. The molecule has 1 aliphatic carbocycles. The third kappa shape index (κ3) is 3.65. The minimum absolute atomic E-state index is 0.397. The van der Waals surface area contributed by atoms with Gasteiger partial charge in [-0.2, -0.15) is 0 Å². The summed E-state index contributed by atoms with van der Waals surface area (Å²) >= 11 is 7.16. The Morgan fingerprint density at radius 2 is 1.56 bits per heavy atom. The number of nitrogens with zero attached hydrogens (tertiary/aromatic N) is 1. The summed E-state index contributed by atoms with van der Waals surface area (Å²) in [6, 6.07) is 13.3. The van der Waals surface area contributed by atoms with E-state index in [0.29, 0.717) is 19.1 Å². The highest BCUT2D eigenvalue weighted by atomic mass is 79.9. The van der Waals surface area contributed by atoms with E-state index in [1.54, 1.807) is 0 Å². The quantitative estimate of drug-likeness (QED) is 0.542. The third-order valence-corrected chi connectivity index (χ3v) is 6.17. The normalized spacial score (nSPS) is 16.9. The molecule has 3 nitrogen and oxygen atoms in total. The molecule has 1 aromatic heterocycles. The highest BCUT2D eigenvalue weighted by Gasteiger charge is 2.18. The van der Waals surface area contributed by atoms with Crippen LogP contribution in [-0.2, 0) is 6.54 Å². The van der Waals surface area contributed by atoms with Gasteiger partial charge in [0, 0.05) is 43.3 Å². The summed E-state index contributed by atoms with van der Waals surface area (Å²) in [5.41, 5.74) is 2.33. The van der Waals surface area contributed by atoms with Crippen molar-refractivity contribution in [1.82, 2.24) is 9.88 Å². The molecule has 132 valence electrons. The van der Waals surface area contributed by atoms with Gasteiger partial charge in [-0.25, -0.2) is 0 Å². The largest absolute Gasteiger partial charge is 0.390 e. The Hall–Kier alpha value is -0.880. The Balaban J connectivity index is 1.65. The molecule has 0 aliphatic heterocycles. The predicted molar refractivity (Wildman–Crippen MR) is 111 cm³/mol. The zero-order valence-electron chi connectivity index (χ0n) is 14.0. The van der Waals surface area contributed by atoms with Crippen molar-refractivity contribution in [2.75, 3.05) is 6.54 Å². The van der Waals surface area contributed by atoms with Gasteiger partial charge in [0.2, 0.25) is 0 Å². The van der Waals surface area contributed by atoms with Crippen molar-refractivity contribution in [3.05, 3.63) is 45.3 Å². The zero-order valence-corrected chi connectivity index (χ0v) is 17.2. The van der Waals surface area contributed by atoms with Gasteiger partial charge in [0.05, 0.1) is 12.6 Å². The van der Waals surface area contributed by atoms with E-state index >= 15 is 0 Å². The molecule has 0 spiro atoms. The Kier molecular flexibility index (Phi) is 5.18. The zero-order chi connectivity index (χ0) is 17.4. The van der Waals surface area contributed by atoms with Crippen molar-refractivity contribution in [3.63, 3.8) is 0 Å². The second-order valence-corrected chi connectivity index (χ2v) is 8.81. The van der Waals surface area contributed by atoms with Gasteiger partial charge in [0.1, 0.15) is 0 Å². The number of benzene rings is 2. The minimum atomic E-state index is -0.397. The molecule has 0 unspecified atom stereocenters. The van der Waals surface area contributed by atoms with Crippen LogP contribution in [0.1, 0.15) is 25.7 Å². The predicted octanol–water partition coefficient (Wildman–Crippen LogP) is 5.21. The number of aliphatic hydroxyl groups excluding tert-OH is 1. The molecule has 0 saturated heterocycles. The van der Waals surface area contributed by atoms with E-state index in [2.05, 4.69) is 78.1 Å². The fourth-order valence-electron chi connectivity index (χ4n) is 3.95. The van der Waals surface area contributed by atoms with Gasteiger partial charge >= 0.3 is 0 Å². The number of fused-ring (bicyclic) bond motifs is 3. The fourth-order valence-corrected chi connectivity index (χ4v) is 4.68. The molecule has 3 aromatic rings. The van der Waals surface area contributed by atoms with Crippen LogP contribution < -0.4 is 5.32 Å². The summed E-state index contributed by atoms with van der Waals surface area (Å²) in [6.07, 6.45) is 4.70. The summed E-state index contributed by atoms with van der Waals surface area (Å²) in [5, 5.41) is 16.6. The SMILES string of the molecule is O[C@@H](CNC1CCCC1)Cn1c2ccc(Br)cc2c2cc(Br)ccc21. The maximum atomic E-state index is 10.6. The first kappa shape index (κ1) is 17.5. The summed E-state index contributed by atoms with van der Waals surface area (Å²) < 4.78 is 4.38. The molecular formula is C20H22Br2N2O. The fraction of sp³-hybridized carbons (Fsp3) is 0.400. The standard InChI is InChI=1S/C20H22Br2N2O/c21-13-5-7-19-17(9-13)18-10-14(22)6-8-20(18)24(19)12-16(25)11-23-15-3-1-2-4-15/h5-10,15-16,23,25H,1-4,11-12H2/t16-/m0/s1. The van der Waals surface area contributed by atoms with Gasteiger partial charge in [0.25, 0.3) is 0 Å². The molecule has 2 aromatic carbocycles. The van der Waals surface area contributed by atoms with Crippen LogP contribution in [0.5, 0.6) is 0 Å². The lowest BCUT2D eigenvalue weighted by Crippen LogP contribution is -2.35. The molecule has 5 heteroatoms. The van der Waals surface area contributed by atoms with Gasteiger partial charge in [-0.1, -0.05) is 44.7 Å². The molecular weight excluding hydrogens is 444 g/mol. The molecule has 1 atom stereocenters. The van der Waals surface area contributed by atoms with Gasteiger partial charge in [-0.15, -0.1) is 0 Å². The number of nitrogens with one attached hydrogen (secondary N) is 1. The molecule has 25 heavy (non-hydrogen) atoms. The molecule has 1 heterocycles. The Morgan fingerprint density at radius 3 is 2.12 bits per heavy atom. The van der Waals surface area contributed by atoms with Crippen molar-refractivity contribution >= 4 is 53.7 Å². The van der Waals surface area contributed by atoms with E-state index in [0.717, 1.165) is 20.0 Å². The van der Waals surface area contributed by atoms with Crippen LogP contribution >= 0.6 is 31.9 Å². The topological polar surface area (TPSA) is 37.2 Å². The number of hydrogen-bond donors (Lipinski definition) is 2. The Morgan fingerprint density at radius 1 is 1.00 bits per heavy atom. The molecule has 4 rings (SSSR count). The summed E-state index contributed by atoms with van der Waals surface area (Å²) in [7, 11) is 0. The van der Waals surface area contributed by atoms with Crippen LogP contribution in [0.4, 0.5) is 0 Å². The van der Waals surface area contributed by atoms with E-state index in [-0.39, 0.29) is 0 Å². The van der Waals surface area contributed by atoms with E-state index < -0.39 is 6.10 Å². The lowest BCUT2D eigenvalue weighted by Gasteiger charge is -2.18. The van der Waals surface area contributed by atoms with Crippen molar-refractivity contribution in [2.45, 2.75) is 44.4 Å². The maximum Gasteiger partial charge on any atom is 0.0843 e. The lowest BCUT2D eigenvalue weighted by atomic mass is 10.2. The van der Waals surface area contributed by atoms with Crippen LogP contribution in [0.2, 0.25) is 0 Å². The first-order chi connectivity index (χ1) is 12.1. The van der Waals surface area contributed by atoms with Crippen molar-refractivity contribution < 1.29 is 5.11 Å². The minimum Gasteiger partial charge on any atom is -0.390 e. The molecule has 0 amide bonds. The molecule has 1 fully saturated rings. The molecule has 0 bridgehead atoms. The Labute approximate surface area is 164 Å². The van der Waals surface area contributed by atoms with Crippen molar-refractivity contribution in [1.29, 1.82) is 0 Å². The Bertz CT molecular complexity index is 840. The smallest absolute Gasteiger partial charge is 0.0843 e. The first-order valence-corrected chi connectivity index (χ1v) is 10.5. The van der Waals surface area contributed by atoms with Crippen molar-refractivity contribution in [3.8, 4) is 0 Å². The van der Waals surface area contributed by atoms with Crippen LogP contribution in [0.15, 0.2) is 45.3 Å². The van der Waals surface area contributed by atoms with E-state index in [1.807, 2.05) is 0 Å². The number of aromatic nitrogens is 1. The van der Waals surface area contributed by atoms with E-state index in [4.69, 9.17) is 0 Å². The van der Waals surface area contributed by atoms with Crippen molar-refractivity contribution in [2.24, 2.45) is 0 Å². The lowest BCUT2D eigenvalue weighted by molar-refractivity contribution is 0.150. The van der Waals surface area contributed by atoms with Gasteiger partial charge in [-0.05, 0) is 49.2 Å². The average Bonchev–Trinajstić information content (AvgIpc) is 3.20. The van der Waals surface area contributed by atoms with Gasteiger partial charge < -0.3 is 15.0 Å². The van der Waals surface area contributed by atoms with Crippen LogP contribution in [-0.4, -0.2) is 28.4 Å². The number of rotatable bonds is 5. The van der Waals surface area contributed by atoms with E-state index in [1.165, 1.54) is 36.5 Å². The molecule has 2 N–H and O–H groups in total. The molecule has 0 radical (unpaired) electrons. The van der Waals surface area contributed by atoms with Gasteiger partial charge in [-0.3, -0.25) is 0 Å². The monoisotopic (exact) mass is 464 g/mol. The second kappa shape index (κ2) is 7.39. The highest BCUT2D eigenvalue weighted by Crippen LogP contribution is 2.33. The molecule has 1 saturated carbocycles. The molecule has 1 aliphatic rings. The maximum absolute atomic E-state index is 10.6.